The lowest BCUT2D eigenvalue weighted by Gasteiger charge is -2.08. The first-order chi connectivity index (χ1) is 6.43. The summed E-state index contributed by atoms with van der Waals surface area (Å²) in [6.07, 6.45) is 0. The minimum atomic E-state index is -0.682. The Bertz CT molecular complexity index is 379. The van der Waals surface area contributed by atoms with Crippen LogP contribution >= 0.6 is 11.6 Å². The molecule has 0 saturated heterocycles. The number of nitrogen functional groups attached to an aromatic ring is 1. The zero-order valence-corrected chi connectivity index (χ0v) is 8.31. The van der Waals surface area contributed by atoms with Crippen LogP contribution in [0.2, 0.25) is 5.02 Å². The number of carbonyl (C=O) groups is 1. The molecule has 0 heterocycles. The van der Waals surface area contributed by atoms with Crippen molar-refractivity contribution in [1.82, 2.24) is 0 Å². The van der Waals surface area contributed by atoms with Crippen LogP contribution in [0.25, 0.3) is 0 Å². The molecule has 0 aromatic heterocycles. The molecule has 3 nitrogen and oxygen atoms in total. The van der Waals surface area contributed by atoms with Gasteiger partial charge in [0.15, 0.2) is 5.78 Å². The van der Waals surface area contributed by atoms with Crippen molar-refractivity contribution in [3.8, 4) is 0 Å². The summed E-state index contributed by atoms with van der Waals surface area (Å²) < 4.78 is 12.9. The molecule has 14 heavy (non-hydrogen) atoms. The van der Waals surface area contributed by atoms with Gasteiger partial charge in [-0.2, -0.15) is 0 Å². The molecular weight excluding hydrogens is 207 g/mol. The molecule has 1 aromatic carbocycles. The summed E-state index contributed by atoms with van der Waals surface area (Å²) in [5, 5.41) is -0.136. The third-order valence-electron chi connectivity index (χ3n) is 1.77. The second-order valence-corrected chi connectivity index (χ2v) is 3.41. The zero-order valence-electron chi connectivity index (χ0n) is 7.55. The van der Waals surface area contributed by atoms with Crippen LogP contribution in [0, 0.1) is 5.82 Å². The Labute approximate surface area is 85.8 Å². The molecule has 0 aliphatic heterocycles. The number of Topliss-reactive ketones (excluding diaryl/α,β-unsaturated/α-hetero) is 1. The van der Waals surface area contributed by atoms with Crippen molar-refractivity contribution < 1.29 is 9.18 Å². The molecule has 76 valence electrons. The molecule has 5 heteroatoms. The van der Waals surface area contributed by atoms with E-state index in [9.17, 15) is 9.18 Å². The van der Waals surface area contributed by atoms with Crippen LogP contribution in [0.4, 0.5) is 10.1 Å². The molecule has 1 rings (SSSR count). The van der Waals surface area contributed by atoms with Crippen LogP contribution in [0.5, 0.6) is 0 Å². The summed E-state index contributed by atoms with van der Waals surface area (Å²) in [7, 11) is 0. The van der Waals surface area contributed by atoms with Gasteiger partial charge in [0.2, 0.25) is 0 Å². The fourth-order valence-electron chi connectivity index (χ4n) is 1.02. The van der Waals surface area contributed by atoms with Crippen molar-refractivity contribution in [2.75, 3.05) is 5.73 Å². The maximum absolute atomic E-state index is 12.9. The number of hydrogen-bond donors (Lipinski definition) is 2. The molecule has 0 saturated carbocycles. The minimum absolute atomic E-state index is 0.0502. The molecule has 4 N–H and O–H groups in total. The number of carbonyl (C=O) groups excluding carboxylic acids is 1. The smallest absolute Gasteiger partial charge is 0.181 e. The molecular formula is C9H10ClFN2O. The van der Waals surface area contributed by atoms with Gasteiger partial charge in [-0.25, -0.2) is 4.39 Å². The van der Waals surface area contributed by atoms with Crippen LogP contribution in [0.1, 0.15) is 17.3 Å². The zero-order chi connectivity index (χ0) is 10.9. The van der Waals surface area contributed by atoms with Gasteiger partial charge < -0.3 is 11.5 Å². The van der Waals surface area contributed by atoms with Crippen molar-refractivity contribution in [2.24, 2.45) is 5.73 Å². The number of ketones is 1. The first-order valence-electron chi connectivity index (χ1n) is 3.97. The van der Waals surface area contributed by atoms with E-state index < -0.39 is 11.9 Å². The summed E-state index contributed by atoms with van der Waals surface area (Å²) >= 11 is 5.51. The molecule has 1 unspecified atom stereocenters. The Kier molecular flexibility index (Phi) is 3.08. The third kappa shape index (κ3) is 2.02. The second kappa shape index (κ2) is 3.94. The number of nitrogens with two attached hydrogens (primary N) is 2. The summed E-state index contributed by atoms with van der Waals surface area (Å²) in [4.78, 5) is 11.4. The quantitative estimate of drug-likeness (QED) is 0.583. The van der Waals surface area contributed by atoms with E-state index in [0.29, 0.717) is 0 Å². The van der Waals surface area contributed by atoms with Gasteiger partial charge in [-0.3, -0.25) is 4.79 Å². The number of benzene rings is 1. The van der Waals surface area contributed by atoms with E-state index in [1.165, 1.54) is 13.0 Å². The molecule has 0 amide bonds. The lowest BCUT2D eigenvalue weighted by molar-refractivity contribution is 0.0969. The first kappa shape index (κ1) is 10.9. The highest BCUT2D eigenvalue weighted by molar-refractivity contribution is 6.31. The van der Waals surface area contributed by atoms with E-state index in [4.69, 9.17) is 23.1 Å². The summed E-state index contributed by atoms with van der Waals surface area (Å²) in [5.74, 6) is -1.00. The monoisotopic (exact) mass is 216 g/mol. The topological polar surface area (TPSA) is 69.1 Å². The van der Waals surface area contributed by atoms with Gasteiger partial charge in [-0.05, 0) is 19.1 Å². The molecule has 0 fully saturated rings. The minimum Gasteiger partial charge on any atom is -0.398 e. The number of anilines is 1. The average molecular weight is 217 g/mol. The summed E-state index contributed by atoms with van der Waals surface area (Å²) in [6, 6.07) is 1.52. The summed E-state index contributed by atoms with van der Waals surface area (Å²) in [6.45, 7) is 1.53. The van der Waals surface area contributed by atoms with Crippen LogP contribution < -0.4 is 11.5 Å². The van der Waals surface area contributed by atoms with Gasteiger partial charge in [0.1, 0.15) is 5.82 Å². The maximum atomic E-state index is 12.9. The van der Waals surface area contributed by atoms with Gasteiger partial charge in [-0.15, -0.1) is 0 Å². The van der Waals surface area contributed by atoms with Crippen LogP contribution in [-0.4, -0.2) is 11.8 Å². The van der Waals surface area contributed by atoms with E-state index in [1.54, 1.807) is 0 Å². The van der Waals surface area contributed by atoms with Crippen LogP contribution in [0.3, 0.4) is 0 Å². The lowest BCUT2D eigenvalue weighted by atomic mass is 10.0. The van der Waals surface area contributed by atoms with E-state index >= 15 is 0 Å². The van der Waals surface area contributed by atoms with E-state index in [1.807, 2.05) is 0 Å². The van der Waals surface area contributed by atoms with Crippen molar-refractivity contribution in [1.29, 1.82) is 0 Å². The van der Waals surface area contributed by atoms with Crippen LogP contribution in [-0.2, 0) is 0 Å². The third-order valence-corrected chi connectivity index (χ3v) is 2.06. The highest BCUT2D eigenvalue weighted by Gasteiger charge is 2.16. The fourth-order valence-corrected chi connectivity index (χ4v) is 1.18. The fraction of sp³-hybridized carbons (Fsp3) is 0.222. The molecule has 0 spiro atoms. The first-order valence-corrected chi connectivity index (χ1v) is 4.35. The molecule has 0 aliphatic rings. The SMILES string of the molecule is CC(N)C(=O)c1cc(Cl)c(F)cc1N. The van der Waals surface area contributed by atoms with Crippen molar-refractivity contribution in [2.45, 2.75) is 13.0 Å². The normalized spacial score (nSPS) is 12.6. The van der Waals surface area contributed by atoms with E-state index in [2.05, 4.69) is 0 Å². The highest BCUT2D eigenvalue weighted by Crippen LogP contribution is 2.22. The Hall–Kier alpha value is -1.13. The van der Waals surface area contributed by atoms with Gasteiger partial charge in [0, 0.05) is 11.3 Å². The second-order valence-electron chi connectivity index (χ2n) is 3.01. The maximum Gasteiger partial charge on any atom is 0.181 e. The molecule has 0 radical (unpaired) electrons. The van der Waals surface area contributed by atoms with Crippen molar-refractivity contribution in [3.05, 3.63) is 28.5 Å². The predicted molar refractivity (Wildman–Crippen MR) is 53.8 cm³/mol. The van der Waals surface area contributed by atoms with Gasteiger partial charge in [0.05, 0.1) is 11.1 Å². The highest BCUT2D eigenvalue weighted by atomic mass is 35.5. The van der Waals surface area contributed by atoms with Gasteiger partial charge in [0.25, 0.3) is 0 Å². The van der Waals surface area contributed by atoms with E-state index in [-0.39, 0.29) is 22.1 Å². The average Bonchev–Trinajstić information content (AvgIpc) is 2.10. The van der Waals surface area contributed by atoms with Crippen LogP contribution in [0.15, 0.2) is 12.1 Å². The molecule has 1 atom stereocenters. The predicted octanol–water partition coefficient (Wildman–Crippen LogP) is 1.59. The Morgan fingerprint density at radius 2 is 2.14 bits per heavy atom. The number of rotatable bonds is 2. The van der Waals surface area contributed by atoms with Gasteiger partial charge in [-0.1, -0.05) is 11.6 Å². The standard InChI is InChI=1S/C9H10ClFN2O/c1-4(12)9(14)5-2-6(10)7(11)3-8(5)13/h2-4H,12-13H2,1H3. The number of hydrogen-bond acceptors (Lipinski definition) is 3. The summed E-state index contributed by atoms with van der Waals surface area (Å²) in [5.41, 5.74) is 11.0. The molecule has 1 aromatic rings. The largest absolute Gasteiger partial charge is 0.398 e. The van der Waals surface area contributed by atoms with Crippen molar-refractivity contribution >= 4 is 23.1 Å². The van der Waals surface area contributed by atoms with Gasteiger partial charge >= 0.3 is 0 Å². The molecule has 0 bridgehead atoms. The van der Waals surface area contributed by atoms with E-state index in [0.717, 1.165) is 6.07 Å². The number of halogens is 2. The lowest BCUT2D eigenvalue weighted by Crippen LogP contribution is -2.27. The Balaban J connectivity index is 3.22. The Morgan fingerprint density at radius 1 is 1.57 bits per heavy atom. The Morgan fingerprint density at radius 3 is 2.64 bits per heavy atom. The van der Waals surface area contributed by atoms with Crippen molar-refractivity contribution in [3.63, 3.8) is 0 Å². The molecule has 0 aliphatic carbocycles.